The number of hydrogen-bond donors (Lipinski definition) is 2. The molecule has 1 aliphatic heterocycles. The number of morpholine rings is 1. The normalized spacial score (nSPS) is 22.4. The lowest BCUT2D eigenvalue weighted by Gasteiger charge is -2.23. The molecule has 1 aliphatic rings. The summed E-state index contributed by atoms with van der Waals surface area (Å²) in [5.41, 5.74) is -0.0474. The molecule has 1 aromatic rings. The van der Waals surface area contributed by atoms with E-state index in [1.54, 1.807) is 17.0 Å². The first-order valence-corrected chi connectivity index (χ1v) is 4.92. The van der Waals surface area contributed by atoms with Crippen molar-refractivity contribution in [3.8, 4) is 0 Å². The molecule has 1 atom stereocenters. The number of H-pyrrole nitrogens is 1. The molecule has 5 heteroatoms. The molecular formula is C9H15N3O2. The fraction of sp³-hybridized carbons (Fsp3) is 0.667. The highest BCUT2D eigenvalue weighted by atomic mass is 16.5. The Morgan fingerprint density at radius 2 is 2.57 bits per heavy atom. The van der Waals surface area contributed by atoms with Gasteiger partial charge in [0.1, 0.15) is 0 Å². The van der Waals surface area contributed by atoms with Crippen LogP contribution in [-0.2, 0) is 11.3 Å². The van der Waals surface area contributed by atoms with Crippen molar-refractivity contribution in [1.82, 2.24) is 14.9 Å². The van der Waals surface area contributed by atoms with Crippen LogP contribution in [0.2, 0.25) is 0 Å². The Morgan fingerprint density at radius 1 is 1.64 bits per heavy atom. The van der Waals surface area contributed by atoms with E-state index in [1.165, 1.54) is 0 Å². The second-order valence-corrected chi connectivity index (χ2v) is 3.44. The van der Waals surface area contributed by atoms with Gasteiger partial charge in [-0.25, -0.2) is 4.79 Å². The van der Waals surface area contributed by atoms with Gasteiger partial charge in [-0.05, 0) is 6.42 Å². The van der Waals surface area contributed by atoms with E-state index in [0.717, 1.165) is 26.1 Å². The van der Waals surface area contributed by atoms with Crippen molar-refractivity contribution in [3.05, 3.63) is 22.9 Å². The van der Waals surface area contributed by atoms with Crippen molar-refractivity contribution in [2.75, 3.05) is 19.7 Å². The fourth-order valence-corrected chi connectivity index (χ4v) is 1.61. The molecule has 0 saturated carbocycles. The van der Waals surface area contributed by atoms with Gasteiger partial charge in [0.05, 0.1) is 12.7 Å². The van der Waals surface area contributed by atoms with Crippen LogP contribution in [0.25, 0.3) is 0 Å². The minimum absolute atomic E-state index is 0.0474. The quantitative estimate of drug-likeness (QED) is 0.690. The number of aryl methyl sites for hydroxylation is 1. The maximum Gasteiger partial charge on any atom is 0.325 e. The Morgan fingerprint density at radius 3 is 3.21 bits per heavy atom. The molecule has 5 nitrogen and oxygen atoms in total. The standard InChI is InChI=1S/C9H15N3O2/c13-9-11-2-5-12(9)4-1-8-7-10-3-6-14-8/h2,5,8,10H,1,3-4,6-7H2,(H,11,13). The number of nitrogens with zero attached hydrogens (tertiary/aromatic N) is 1. The Bertz CT molecular complexity index is 325. The van der Waals surface area contributed by atoms with Crippen molar-refractivity contribution in [1.29, 1.82) is 0 Å². The van der Waals surface area contributed by atoms with Gasteiger partial charge in [0, 0.05) is 32.0 Å². The van der Waals surface area contributed by atoms with Crippen molar-refractivity contribution in [3.63, 3.8) is 0 Å². The molecule has 1 aromatic heterocycles. The largest absolute Gasteiger partial charge is 0.376 e. The highest BCUT2D eigenvalue weighted by Gasteiger charge is 2.12. The van der Waals surface area contributed by atoms with Crippen molar-refractivity contribution < 1.29 is 4.74 Å². The number of aromatic nitrogens is 2. The third-order valence-electron chi connectivity index (χ3n) is 2.42. The van der Waals surface area contributed by atoms with E-state index in [9.17, 15) is 4.79 Å². The van der Waals surface area contributed by atoms with E-state index in [-0.39, 0.29) is 11.8 Å². The highest BCUT2D eigenvalue weighted by molar-refractivity contribution is 4.77. The van der Waals surface area contributed by atoms with Crippen LogP contribution in [0.5, 0.6) is 0 Å². The summed E-state index contributed by atoms with van der Waals surface area (Å²) >= 11 is 0. The van der Waals surface area contributed by atoms with Gasteiger partial charge in [-0.3, -0.25) is 4.57 Å². The molecule has 1 unspecified atom stereocenters. The zero-order chi connectivity index (χ0) is 9.80. The van der Waals surface area contributed by atoms with Gasteiger partial charge in [0.25, 0.3) is 0 Å². The molecule has 0 aromatic carbocycles. The molecule has 0 amide bonds. The lowest BCUT2D eigenvalue weighted by molar-refractivity contribution is 0.0209. The molecule has 2 N–H and O–H groups in total. The SMILES string of the molecule is O=c1[nH]ccn1CCC1CNCCO1. The van der Waals surface area contributed by atoms with Crippen LogP contribution in [0.3, 0.4) is 0 Å². The molecule has 2 rings (SSSR count). The highest BCUT2D eigenvalue weighted by Crippen LogP contribution is 2.02. The molecule has 0 bridgehead atoms. The van der Waals surface area contributed by atoms with Gasteiger partial charge in [-0.1, -0.05) is 0 Å². The smallest absolute Gasteiger partial charge is 0.325 e. The van der Waals surface area contributed by atoms with Gasteiger partial charge < -0.3 is 15.0 Å². The van der Waals surface area contributed by atoms with Crippen LogP contribution >= 0.6 is 0 Å². The van der Waals surface area contributed by atoms with Gasteiger partial charge in [0.15, 0.2) is 0 Å². The van der Waals surface area contributed by atoms with E-state index in [1.807, 2.05) is 0 Å². The van der Waals surface area contributed by atoms with E-state index in [0.29, 0.717) is 6.54 Å². The number of rotatable bonds is 3. The molecule has 1 saturated heterocycles. The molecule has 0 radical (unpaired) electrons. The Labute approximate surface area is 82.1 Å². The maximum absolute atomic E-state index is 11.1. The van der Waals surface area contributed by atoms with Gasteiger partial charge in [0.2, 0.25) is 0 Å². The number of hydrogen-bond acceptors (Lipinski definition) is 3. The first-order chi connectivity index (χ1) is 6.86. The number of imidazole rings is 1. The molecular weight excluding hydrogens is 182 g/mol. The third-order valence-corrected chi connectivity index (χ3v) is 2.42. The summed E-state index contributed by atoms with van der Waals surface area (Å²) < 4.78 is 7.19. The molecule has 2 heterocycles. The van der Waals surface area contributed by atoms with Gasteiger partial charge in [-0.2, -0.15) is 0 Å². The van der Waals surface area contributed by atoms with Gasteiger partial charge in [-0.15, -0.1) is 0 Å². The zero-order valence-electron chi connectivity index (χ0n) is 8.03. The predicted octanol–water partition coefficient (Wildman–Crippen LogP) is -0.445. The number of nitrogens with one attached hydrogen (secondary N) is 2. The van der Waals surface area contributed by atoms with Crippen LogP contribution in [0.15, 0.2) is 17.2 Å². The average Bonchev–Trinajstić information content (AvgIpc) is 2.63. The number of ether oxygens (including phenoxy) is 1. The van der Waals surface area contributed by atoms with E-state index >= 15 is 0 Å². The fourth-order valence-electron chi connectivity index (χ4n) is 1.61. The molecule has 0 spiro atoms. The number of aromatic amines is 1. The topological polar surface area (TPSA) is 59.0 Å². The van der Waals surface area contributed by atoms with Crippen molar-refractivity contribution in [2.45, 2.75) is 19.1 Å². The first-order valence-electron chi connectivity index (χ1n) is 4.92. The average molecular weight is 197 g/mol. The molecule has 0 aliphatic carbocycles. The summed E-state index contributed by atoms with van der Waals surface area (Å²) in [6.45, 7) is 3.31. The predicted molar refractivity (Wildman–Crippen MR) is 52.3 cm³/mol. The summed E-state index contributed by atoms with van der Waals surface area (Å²) in [6, 6.07) is 0. The van der Waals surface area contributed by atoms with E-state index < -0.39 is 0 Å². The van der Waals surface area contributed by atoms with Crippen LogP contribution in [-0.4, -0.2) is 35.4 Å². The van der Waals surface area contributed by atoms with Crippen molar-refractivity contribution >= 4 is 0 Å². The van der Waals surface area contributed by atoms with E-state index in [4.69, 9.17) is 4.74 Å². The molecule has 14 heavy (non-hydrogen) atoms. The lowest BCUT2D eigenvalue weighted by atomic mass is 10.2. The van der Waals surface area contributed by atoms with Crippen LogP contribution in [0, 0.1) is 0 Å². The van der Waals surface area contributed by atoms with E-state index in [2.05, 4.69) is 10.3 Å². The summed E-state index contributed by atoms with van der Waals surface area (Å²) in [4.78, 5) is 13.8. The maximum atomic E-state index is 11.1. The van der Waals surface area contributed by atoms with Crippen LogP contribution in [0.1, 0.15) is 6.42 Å². The second-order valence-electron chi connectivity index (χ2n) is 3.44. The van der Waals surface area contributed by atoms with Crippen LogP contribution < -0.4 is 11.0 Å². The summed E-state index contributed by atoms with van der Waals surface area (Å²) in [7, 11) is 0. The summed E-state index contributed by atoms with van der Waals surface area (Å²) in [5, 5.41) is 3.26. The lowest BCUT2D eigenvalue weighted by Crippen LogP contribution is -2.39. The second kappa shape index (κ2) is 4.43. The first kappa shape index (κ1) is 9.48. The minimum atomic E-state index is -0.0474. The Hall–Kier alpha value is -1.07. The van der Waals surface area contributed by atoms with Crippen LogP contribution in [0.4, 0.5) is 0 Å². The Kier molecular flexibility index (Phi) is 3.00. The summed E-state index contributed by atoms with van der Waals surface area (Å²) in [5.74, 6) is 0. The zero-order valence-corrected chi connectivity index (χ0v) is 8.03. The Balaban J connectivity index is 1.82. The van der Waals surface area contributed by atoms with Crippen molar-refractivity contribution in [2.24, 2.45) is 0 Å². The van der Waals surface area contributed by atoms with Gasteiger partial charge >= 0.3 is 5.69 Å². The monoisotopic (exact) mass is 197 g/mol. The summed E-state index contributed by atoms with van der Waals surface area (Å²) in [6.07, 6.45) is 4.54. The minimum Gasteiger partial charge on any atom is -0.376 e. The third kappa shape index (κ3) is 2.24. The molecule has 1 fully saturated rings. The molecule has 78 valence electrons.